The van der Waals surface area contributed by atoms with Gasteiger partial charge in [0.15, 0.2) is 0 Å². The normalized spacial score (nSPS) is 12.7. The molecule has 1 aromatic heterocycles. The third-order valence-electron chi connectivity index (χ3n) is 11.2. The molecule has 0 saturated carbocycles. The minimum Gasteiger partial charge on any atom is -0.465 e. The van der Waals surface area contributed by atoms with Gasteiger partial charge in [-0.1, -0.05) is 118 Å². The highest BCUT2D eigenvalue weighted by Crippen LogP contribution is 2.39. The highest BCUT2D eigenvalue weighted by atomic mass is 32.1. The standard InChI is InChI=1S/C50H52N2O5SSi/c1-50(2,3)59(41-16-7-5-8-17-41,42-18-9-6-10-19-42)57-33-32-37-14-13-15-39(34-37)46(53)52-48-45(43-20-11-12-21-44(43)58-48)47(54)51-40-30-26-36(27-31-40)23-22-35-24-28-38(29-25-35)49(55)56-4/h5-10,13-19,24-31,34H,11-12,20-23,32-33H2,1-4H3,(H,51,54)(H,52,53). The van der Waals surface area contributed by atoms with Crippen LogP contribution in [0, 0.1) is 0 Å². The molecule has 1 aliphatic rings. The van der Waals surface area contributed by atoms with Gasteiger partial charge in [-0.15, -0.1) is 11.3 Å². The fourth-order valence-electron chi connectivity index (χ4n) is 8.18. The van der Waals surface area contributed by atoms with E-state index in [1.807, 2.05) is 72.8 Å². The smallest absolute Gasteiger partial charge is 0.337 e. The number of carbonyl (C=O) groups excluding carboxylic acids is 3. The van der Waals surface area contributed by atoms with Crippen LogP contribution >= 0.6 is 11.3 Å². The number of thiophene rings is 1. The van der Waals surface area contributed by atoms with E-state index in [9.17, 15) is 14.4 Å². The molecule has 59 heavy (non-hydrogen) atoms. The molecule has 0 saturated heterocycles. The van der Waals surface area contributed by atoms with E-state index < -0.39 is 8.32 Å². The summed E-state index contributed by atoms with van der Waals surface area (Å²) in [6.45, 7) is 7.33. The molecule has 7 nitrogen and oxygen atoms in total. The molecule has 2 amide bonds. The molecular weight excluding hydrogens is 769 g/mol. The molecular formula is C50H52N2O5SSi. The summed E-state index contributed by atoms with van der Waals surface area (Å²) in [7, 11) is -1.32. The van der Waals surface area contributed by atoms with E-state index in [0.29, 0.717) is 40.4 Å². The van der Waals surface area contributed by atoms with E-state index in [2.05, 4.69) is 79.9 Å². The van der Waals surface area contributed by atoms with Crippen LogP contribution < -0.4 is 21.0 Å². The minimum atomic E-state index is -2.69. The molecule has 2 N–H and O–H groups in total. The molecule has 0 unspecified atom stereocenters. The summed E-state index contributed by atoms with van der Waals surface area (Å²) >= 11 is 1.52. The number of hydrogen-bond donors (Lipinski definition) is 2. The Morgan fingerprint density at radius 2 is 1.25 bits per heavy atom. The van der Waals surface area contributed by atoms with Gasteiger partial charge < -0.3 is 19.8 Å². The van der Waals surface area contributed by atoms with Crippen LogP contribution in [0.1, 0.15) is 91.8 Å². The lowest BCUT2D eigenvalue weighted by Crippen LogP contribution is -2.66. The van der Waals surface area contributed by atoms with Crippen LogP contribution in [0.4, 0.5) is 10.7 Å². The number of rotatable bonds is 14. The van der Waals surface area contributed by atoms with Crippen molar-refractivity contribution in [1.29, 1.82) is 0 Å². The Bertz CT molecular complexity index is 2350. The van der Waals surface area contributed by atoms with Gasteiger partial charge in [0.2, 0.25) is 0 Å². The van der Waals surface area contributed by atoms with Crippen LogP contribution in [0.15, 0.2) is 133 Å². The van der Waals surface area contributed by atoms with Crippen LogP contribution in [0.3, 0.4) is 0 Å². The summed E-state index contributed by atoms with van der Waals surface area (Å²) in [5, 5.41) is 9.19. The molecule has 1 aliphatic carbocycles. The van der Waals surface area contributed by atoms with E-state index in [-0.39, 0.29) is 22.8 Å². The van der Waals surface area contributed by atoms with Gasteiger partial charge in [0.1, 0.15) is 5.00 Å². The third-order valence-corrected chi connectivity index (χ3v) is 17.5. The summed E-state index contributed by atoms with van der Waals surface area (Å²) in [6.07, 6.45) is 6.06. The Balaban J connectivity index is 1.02. The van der Waals surface area contributed by atoms with E-state index in [1.54, 1.807) is 12.1 Å². The number of benzene rings is 5. The Labute approximate surface area is 353 Å². The molecule has 5 aromatic carbocycles. The monoisotopic (exact) mass is 820 g/mol. The lowest BCUT2D eigenvalue weighted by atomic mass is 9.95. The maximum atomic E-state index is 14.0. The topological polar surface area (TPSA) is 93.7 Å². The van der Waals surface area contributed by atoms with Crippen molar-refractivity contribution in [1.82, 2.24) is 0 Å². The number of anilines is 2. The fourth-order valence-corrected chi connectivity index (χ4v) is 14.0. The van der Waals surface area contributed by atoms with E-state index in [1.165, 1.54) is 33.7 Å². The van der Waals surface area contributed by atoms with Gasteiger partial charge in [-0.3, -0.25) is 9.59 Å². The number of ether oxygens (including phenoxy) is 1. The average Bonchev–Trinajstić information content (AvgIpc) is 3.63. The van der Waals surface area contributed by atoms with Gasteiger partial charge in [-0.25, -0.2) is 4.79 Å². The Kier molecular flexibility index (Phi) is 13.1. The van der Waals surface area contributed by atoms with Crippen molar-refractivity contribution in [2.45, 2.75) is 70.8 Å². The maximum absolute atomic E-state index is 14.0. The quantitative estimate of drug-likeness (QED) is 0.0844. The van der Waals surface area contributed by atoms with Crippen LogP contribution in [-0.2, 0) is 41.3 Å². The number of esters is 1. The summed E-state index contributed by atoms with van der Waals surface area (Å²) in [4.78, 5) is 40.9. The Morgan fingerprint density at radius 3 is 1.86 bits per heavy atom. The number of methoxy groups -OCH3 is 1. The molecule has 0 radical (unpaired) electrons. The van der Waals surface area contributed by atoms with Crippen molar-refractivity contribution in [2.24, 2.45) is 0 Å². The van der Waals surface area contributed by atoms with Gasteiger partial charge in [0, 0.05) is 22.7 Å². The largest absolute Gasteiger partial charge is 0.465 e. The van der Waals surface area contributed by atoms with E-state index in [4.69, 9.17) is 9.16 Å². The number of fused-ring (bicyclic) bond motifs is 1. The molecule has 7 rings (SSSR count). The highest BCUT2D eigenvalue weighted by molar-refractivity contribution is 7.17. The van der Waals surface area contributed by atoms with Crippen molar-refractivity contribution < 1.29 is 23.5 Å². The molecule has 0 fully saturated rings. The molecule has 0 aliphatic heterocycles. The first-order valence-electron chi connectivity index (χ1n) is 20.4. The first-order valence-corrected chi connectivity index (χ1v) is 23.2. The van der Waals surface area contributed by atoms with Crippen LogP contribution in [-0.4, -0.2) is 39.8 Å². The van der Waals surface area contributed by atoms with Crippen LogP contribution in [0.2, 0.25) is 5.04 Å². The number of carbonyl (C=O) groups is 3. The zero-order valence-corrected chi connectivity index (χ0v) is 36.1. The Hall–Kier alpha value is -5.61. The number of aryl methyl sites for hydroxylation is 3. The lowest BCUT2D eigenvalue weighted by Gasteiger charge is -2.43. The predicted octanol–water partition coefficient (Wildman–Crippen LogP) is 9.82. The summed E-state index contributed by atoms with van der Waals surface area (Å²) in [5.41, 5.74) is 6.65. The van der Waals surface area contributed by atoms with E-state index in [0.717, 1.165) is 60.8 Å². The van der Waals surface area contributed by atoms with Crippen molar-refractivity contribution in [3.05, 3.63) is 177 Å². The van der Waals surface area contributed by atoms with Crippen molar-refractivity contribution in [3.63, 3.8) is 0 Å². The Morgan fingerprint density at radius 1 is 0.644 bits per heavy atom. The zero-order chi connectivity index (χ0) is 41.4. The first-order chi connectivity index (χ1) is 28.6. The highest BCUT2D eigenvalue weighted by Gasteiger charge is 2.50. The molecule has 302 valence electrons. The van der Waals surface area contributed by atoms with Gasteiger partial charge in [0.25, 0.3) is 20.1 Å². The number of amides is 2. The van der Waals surface area contributed by atoms with Crippen molar-refractivity contribution >= 4 is 58.5 Å². The molecule has 0 spiro atoms. The van der Waals surface area contributed by atoms with Gasteiger partial charge in [0.05, 0.1) is 18.2 Å². The molecule has 1 heterocycles. The SMILES string of the molecule is COC(=O)c1ccc(CCc2ccc(NC(=O)c3c(NC(=O)c4cccc(CCO[Si](c5ccccc5)(c5ccccc5)C(C)(C)C)c4)sc4c3CCCC4)cc2)cc1. The molecule has 9 heteroatoms. The molecule has 6 aromatic rings. The van der Waals surface area contributed by atoms with Gasteiger partial charge >= 0.3 is 5.97 Å². The zero-order valence-electron chi connectivity index (χ0n) is 34.3. The summed E-state index contributed by atoms with van der Waals surface area (Å²) < 4.78 is 11.9. The maximum Gasteiger partial charge on any atom is 0.337 e. The second kappa shape index (κ2) is 18.5. The second-order valence-electron chi connectivity index (χ2n) is 16.2. The number of nitrogens with one attached hydrogen (secondary N) is 2. The van der Waals surface area contributed by atoms with Crippen molar-refractivity contribution in [2.75, 3.05) is 24.4 Å². The third kappa shape index (κ3) is 9.49. The lowest BCUT2D eigenvalue weighted by molar-refractivity contribution is 0.0600. The van der Waals surface area contributed by atoms with Crippen molar-refractivity contribution in [3.8, 4) is 0 Å². The molecule has 0 atom stereocenters. The average molecular weight is 821 g/mol. The first kappa shape index (κ1) is 41.5. The van der Waals surface area contributed by atoms with Gasteiger partial charge in [-0.2, -0.15) is 0 Å². The minimum absolute atomic E-state index is 0.131. The number of hydrogen-bond acceptors (Lipinski definition) is 6. The predicted molar refractivity (Wildman–Crippen MR) is 242 cm³/mol. The van der Waals surface area contributed by atoms with Gasteiger partial charge in [-0.05, 0) is 119 Å². The fraction of sp³-hybridized carbons (Fsp3) is 0.260. The second-order valence-corrected chi connectivity index (χ2v) is 21.6. The van der Waals surface area contributed by atoms with E-state index >= 15 is 0 Å². The summed E-state index contributed by atoms with van der Waals surface area (Å²) in [6, 6.07) is 44.3. The molecule has 0 bridgehead atoms. The summed E-state index contributed by atoms with van der Waals surface area (Å²) in [5.74, 6) is -0.800. The van der Waals surface area contributed by atoms with Crippen LogP contribution in [0.5, 0.6) is 0 Å². The van der Waals surface area contributed by atoms with Crippen LogP contribution in [0.25, 0.3) is 0 Å².